The summed E-state index contributed by atoms with van der Waals surface area (Å²) in [6.45, 7) is 8.84. The van der Waals surface area contributed by atoms with E-state index in [0.29, 0.717) is 5.41 Å². The first-order valence-corrected chi connectivity index (χ1v) is 6.39. The highest BCUT2D eigenvalue weighted by atomic mass is 14.1. The van der Waals surface area contributed by atoms with Crippen molar-refractivity contribution >= 4 is 6.08 Å². The topological polar surface area (TPSA) is 0 Å². The molecule has 0 aliphatic heterocycles. The van der Waals surface area contributed by atoms with E-state index in [4.69, 9.17) is 0 Å². The van der Waals surface area contributed by atoms with E-state index < -0.39 is 0 Å². The Labute approximate surface area is 106 Å². The van der Waals surface area contributed by atoms with Gasteiger partial charge >= 0.3 is 0 Å². The lowest BCUT2D eigenvalue weighted by Gasteiger charge is -2.10. The molecule has 0 radical (unpaired) electrons. The molecule has 0 spiro atoms. The lowest BCUT2D eigenvalue weighted by Crippen LogP contribution is -1.97. The Balaban J connectivity index is 2.37. The predicted octanol–water partition coefficient (Wildman–Crippen LogP) is 5.39. The van der Waals surface area contributed by atoms with Crippen molar-refractivity contribution in [3.8, 4) is 0 Å². The van der Waals surface area contributed by atoms with Gasteiger partial charge in [-0.05, 0) is 36.3 Å². The molecule has 92 valence electrons. The van der Waals surface area contributed by atoms with Crippen LogP contribution in [0.3, 0.4) is 0 Å². The molecule has 0 aromatic heterocycles. The predicted molar refractivity (Wildman–Crippen MR) is 78.0 cm³/mol. The largest absolute Gasteiger partial charge is 0.0877 e. The second kappa shape index (κ2) is 6.44. The van der Waals surface area contributed by atoms with Gasteiger partial charge in [0.2, 0.25) is 0 Å². The van der Waals surface area contributed by atoms with Crippen LogP contribution in [0.5, 0.6) is 0 Å². The number of benzene rings is 1. The molecular weight excluding hydrogens is 204 g/mol. The molecule has 0 saturated carbocycles. The summed E-state index contributed by atoms with van der Waals surface area (Å²) in [6, 6.07) is 8.49. The Morgan fingerprint density at radius 2 is 1.65 bits per heavy atom. The van der Waals surface area contributed by atoms with Crippen molar-refractivity contribution in [2.45, 2.75) is 40.5 Å². The Kier molecular flexibility index (Phi) is 5.21. The van der Waals surface area contributed by atoms with E-state index in [1.807, 2.05) is 0 Å². The van der Waals surface area contributed by atoms with Crippen LogP contribution in [-0.4, -0.2) is 0 Å². The number of unbranched alkanes of at least 4 members (excludes halogenated alkanes) is 1. The molecule has 0 saturated heterocycles. The maximum absolute atomic E-state index is 2.29. The zero-order valence-electron chi connectivity index (χ0n) is 11.5. The van der Waals surface area contributed by atoms with Gasteiger partial charge in [-0.1, -0.05) is 69.3 Å². The quantitative estimate of drug-likeness (QED) is 0.478. The summed E-state index contributed by atoms with van der Waals surface area (Å²) in [7, 11) is 0. The molecular formula is C17H24. The normalized spacial score (nSPS) is 12.7. The van der Waals surface area contributed by atoms with Crippen molar-refractivity contribution in [2.24, 2.45) is 5.41 Å². The van der Waals surface area contributed by atoms with E-state index in [-0.39, 0.29) is 0 Å². The minimum atomic E-state index is 0.305. The van der Waals surface area contributed by atoms with E-state index in [1.165, 1.54) is 11.1 Å². The molecule has 0 amide bonds. The maximum atomic E-state index is 2.29. The van der Waals surface area contributed by atoms with E-state index in [9.17, 15) is 0 Å². The summed E-state index contributed by atoms with van der Waals surface area (Å²) in [5.74, 6) is 0. The summed E-state index contributed by atoms with van der Waals surface area (Å²) in [5.41, 5.74) is 2.97. The molecule has 1 aromatic rings. The highest BCUT2D eigenvalue weighted by Gasteiger charge is 2.02. The average molecular weight is 228 g/mol. The number of hydrogen-bond donors (Lipinski definition) is 0. The third-order valence-corrected chi connectivity index (χ3v) is 2.60. The van der Waals surface area contributed by atoms with E-state index in [2.05, 4.69) is 76.3 Å². The van der Waals surface area contributed by atoms with Gasteiger partial charge in [0.15, 0.2) is 0 Å². The first-order valence-electron chi connectivity index (χ1n) is 6.39. The highest BCUT2D eigenvalue weighted by Crippen LogP contribution is 2.15. The Morgan fingerprint density at radius 3 is 2.29 bits per heavy atom. The zero-order valence-corrected chi connectivity index (χ0v) is 11.5. The van der Waals surface area contributed by atoms with E-state index in [1.54, 1.807) is 0 Å². The fraction of sp³-hybridized carbons (Fsp3) is 0.412. The van der Waals surface area contributed by atoms with Crippen LogP contribution < -0.4 is 0 Å². The lowest BCUT2D eigenvalue weighted by molar-refractivity contribution is 0.542. The monoisotopic (exact) mass is 228 g/mol. The van der Waals surface area contributed by atoms with Crippen LogP contribution in [0.25, 0.3) is 6.08 Å². The second-order valence-corrected chi connectivity index (χ2v) is 5.60. The molecule has 0 bridgehead atoms. The number of hydrogen-bond acceptors (Lipinski definition) is 0. The van der Waals surface area contributed by atoms with E-state index >= 15 is 0 Å². The highest BCUT2D eigenvalue weighted by molar-refractivity contribution is 5.53. The lowest BCUT2D eigenvalue weighted by atomic mass is 9.96. The summed E-state index contributed by atoms with van der Waals surface area (Å²) >= 11 is 0. The number of allylic oxidation sites excluding steroid dienone is 3. The van der Waals surface area contributed by atoms with Crippen LogP contribution in [-0.2, 0) is 0 Å². The van der Waals surface area contributed by atoms with Gasteiger partial charge in [-0.15, -0.1) is 0 Å². The van der Waals surface area contributed by atoms with Crippen LogP contribution in [0.1, 0.15) is 44.7 Å². The summed E-state index contributed by atoms with van der Waals surface area (Å²) < 4.78 is 0. The average Bonchev–Trinajstić information content (AvgIpc) is 2.24. The van der Waals surface area contributed by atoms with Gasteiger partial charge < -0.3 is 0 Å². The molecule has 1 rings (SSSR count). The molecule has 0 fully saturated rings. The Bertz CT molecular complexity index is 389. The third-order valence-electron chi connectivity index (χ3n) is 2.60. The molecule has 17 heavy (non-hydrogen) atoms. The van der Waals surface area contributed by atoms with Gasteiger partial charge in [0.05, 0.1) is 0 Å². The van der Waals surface area contributed by atoms with Crippen molar-refractivity contribution in [1.29, 1.82) is 0 Å². The number of aryl methyl sites for hydroxylation is 1. The van der Waals surface area contributed by atoms with Gasteiger partial charge in [0.25, 0.3) is 0 Å². The molecule has 0 atom stereocenters. The van der Waals surface area contributed by atoms with E-state index in [0.717, 1.165) is 12.8 Å². The third kappa shape index (κ3) is 6.11. The van der Waals surface area contributed by atoms with Crippen LogP contribution >= 0.6 is 0 Å². The minimum Gasteiger partial charge on any atom is -0.0877 e. The SMILES string of the molecule is Cc1ccccc1/C=C\CC/C=C/C(C)(C)C. The molecule has 0 aliphatic carbocycles. The minimum absolute atomic E-state index is 0.305. The molecule has 0 nitrogen and oxygen atoms in total. The first kappa shape index (κ1) is 13.8. The van der Waals surface area contributed by atoms with Gasteiger partial charge in [-0.3, -0.25) is 0 Å². The summed E-state index contributed by atoms with van der Waals surface area (Å²) in [6.07, 6.45) is 11.3. The van der Waals surface area contributed by atoms with Crippen molar-refractivity contribution in [3.63, 3.8) is 0 Å². The fourth-order valence-corrected chi connectivity index (χ4v) is 1.61. The zero-order chi connectivity index (χ0) is 12.7. The summed E-state index contributed by atoms with van der Waals surface area (Å²) in [4.78, 5) is 0. The van der Waals surface area contributed by atoms with Crippen LogP contribution in [0.2, 0.25) is 0 Å². The van der Waals surface area contributed by atoms with Crippen molar-refractivity contribution < 1.29 is 0 Å². The molecule has 0 heteroatoms. The number of rotatable bonds is 4. The molecule has 0 aliphatic rings. The molecule has 0 unspecified atom stereocenters. The fourth-order valence-electron chi connectivity index (χ4n) is 1.61. The Hall–Kier alpha value is -1.30. The molecule has 1 aromatic carbocycles. The van der Waals surface area contributed by atoms with Crippen molar-refractivity contribution in [1.82, 2.24) is 0 Å². The van der Waals surface area contributed by atoms with Gasteiger partial charge in [0, 0.05) is 0 Å². The molecule has 0 N–H and O–H groups in total. The second-order valence-electron chi connectivity index (χ2n) is 5.60. The van der Waals surface area contributed by atoms with Crippen molar-refractivity contribution in [2.75, 3.05) is 0 Å². The van der Waals surface area contributed by atoms with Crippen LogP contribution in [0, 0.1) is 12.3 Å². The maximum Gasteiger partial charge on any atom is -0.0203 e. The van der Waals surface area contributed by atoms with Gasteiger partial charge in [0.1, 0.15) is 0 Å². The van der Waals surface area contributed by atoms with Gasteiger partial charge in [-0.2, -0.15) is 0 Å². The standard InChI is InChI=1S/C17H24/c1-15-11-8-9-13-16(15)12-7-5-6-10-14-17(2,3)4/h7-14H,5-6H2,1-4H3/b12-7-,14-10+. The van der Waals surface area contributed by atoms with Crippen LogP contribution in [0.15, 0.2) is 42.5 Å². The smallest absolute Gasteiger partial charge is 0.0203 e. The van der Waals surface area contributed by atoms with Crippen LogP contribution in [0.4, 0.5) is 0 Å². The Morgan fingerprint density at radius 1 is 1.00 bits per heavy atom. The molecule has 0 heterocycles. The van der Waals surface area contributed by atoms with Gasteiger partial charge in [-0.25, -0.2) is 0 Å². The van der Waals surface area contributed by atoms with Crippen molar-refractivity contribution in [3.05, 3.63) is 53.6 Å². The summed E-state index contributed by atoms with van der Waals surface area (Å²) in [5, 5.41) is 0. The first-order chi connectivity index (χ1) is 7.99.